The maximum Gasteiger partial charge on any atom is 0.317 e. The molecule has 0 atom stereocenters. The summed E-state index contributed by atoms with van der Waals surface area (Å²) >= 11 is 0. The van der Waals surface area contributed by atoms with E-state index in [1.807, 2.05) is 0 Å². The minimum atomic E-state index is -0.852. The van der Waals surface area contributed by atoms with Crippen molar-refractivity contribution in [2.75, 3.05) is 32.7 Å². The van der Waals surface area contributed by atoms with Gasteiger partial charge in [0.15, 0.2) is 5.82 Å². The molecule has 104 valence electrons. The molecule has 0 spiro atoms. The number of carbonyl (C=O) groups is 2. The Morgan fingerprint density at radius 3 is 2.63 bits per heavy atom. The first-order chi connectivity index (χ1) is 9.15. The zero-order valence-corrected chi connectivity index (χ0v) is 10.2. The van der Waals surface area contributed by atoms with E-state index >= 15 is 0 Å². The summed E-state index contributed by atoms with van der Waals surface area (Å²) in [6.45, 7) is 2.35. The number of aromatic nitrogens is 4. The molecule has 0 radical (unpaired) electrons. The van der Waals surface area contributed by atoms with Gasteiger partial charge in [0, 0.05) is 26.2 Å². The highest BCUT2D eigenvalue weighted by Gasteiger charge is 2.22. The van der Waals surface area contributed by atoms with Crippen LogP contribution in [0.15, 0.2) is 0 Å². The van der Waals surface area contributed by atoms with Crippen molar-refractivity contribution in [3.8, 4) is 0 Å². The van der Waals surface area contributed by atoms with Crippen molar-refractivity contribution in [2.24, 2.45) is 0 Å². The third-order valence-electron chi connectivity index (χ3n) is 2.81. The number of amides is 2. The number of carboxylic acid groups (broad SMARTS) is 1. The van der Waals surface area contributed by atoms with Crippen LogP contribution in [-0.2, 0) is 11.3 Å². The fourth-order valence-electron chi connectivity index (χ4n) is 1.82. The van der Waals surface area contributed by atoms with Gasteiger partial charge in [-0.25, -0.2) is 4.79 Å². The van der Waals surface area contributed by atoms with Gasteiger partial charge in [0.2, 0.25) is 0 Å². The third-order valence-corrected chi connectivity index (χ3v) is 2.81. The van der Waals surface area contributed by atoms with Crippen LogP contribution in [0.4, 0.5) is 4.79 Å². The van der Waals surface area contributed by atoms with Gasteiger partial charge in [0.05, 0.1) is 13.1 Å². The summed E-state index contributed by atoms with van der Waals surface area (Å²) < 4.78 is 0. The van der Waals surface area contributed by atoms with Crippen molar-refractivity contribution in [1.82, 2.24) is 35.7 Å². The summed E-state index contributed by atoms with van der Waals surface area (Å²) in [4.78, 5) is 25.8. The molecule has 0 aliphatic carbocycles. The molecule has 1 aromatic rings. The number of rotatable bonds is 4. The van der Waals surface area contributed by atoms with Crippen LogP contribution in [-0.4, -0.2) is 80.3 Å². The lowest BCUT2D eigenvalue weighted by atomic mass is 10.3. The van der Waals surface area contributed by atoms with E-state index < -0.39 is 5.97 Å². The molecule has 0 bridgehead atoms. The molecule has 0 saturated carbocycles. The number of hydrogen-bond acceptors (Lipinski definition) is 6. The second-order valence-corrected chi connectivity index (χ2v) is 4.14. The van der Waals surface area contributed by atoms with Gasteiger partial charge in [0.1, 0.15) is 0 Å². The number of aliphatic carboxylic acids is 1. The van der Waals surface area contributed by atoms with E-state index in [4.69, 9.17) is 5.11 Å². The van der Waals surface area contributed by atoms with Crippen molar-refractivity contribution < 1.29 is 14.7 Å². The Balaban J connectivity index is 1.71. The van der Waals surface area contributed by atoms with Crippen LogP contribution in [0.3, 0.4) is 0 Å². The van der Waals surface area contributed by atoms with Crippen molar-refractivity contribution >= 4 is 12.0 Å². The number of piperazine rings is 1. The van der Waals surface area contributed by atoms with Crippen LogP contribution in [0.5, 0.6) is 0 Å². The van der Waals surface area contributed by atoms with E-state index in [0.29, 0.717) is 32.0 Å². The lowest BCUT2D eigenvalue weighted by molar-refractivity contribution is -0.138. The predicted molar refractivity (Wildman–Crippen MR) is 62.1 cm³/mol. The standard InChI is InChI=1S/C9H15N7O3/c17-8(18)6-15-1-3-16(4-2-15)9(19)10-5-7-11-13-14-12-7/h1-6H2,(H,10,19)(H,17,18)(H,11,12,13,14). The molecule has 2 heterocycles. The molecule has 2 rings (SSSR count). The molecular weight excluding hydrogens is 254 g/mol. The monoisotopic (exact) mass is 269 g/mol. The molecule has 10 heteroatoms. The zero-order chi connectivity index (χ0) is 13.7. The molecule has 1 aromatic heterocycles. The lowest BCUT2D eigenvalue weighted by Gasteiger charge is -2.33. The van der Waals surface area contributed by atoms with Crippen LogP contribution in [0.25, 0.3) is 0 Å². The molecule has 1 fully saturated rings. The van der Waals surface area contributed by atoms with Gasteiger partial charge in [-0.1, -0.05) is 5.21 Å². The number of carbonyl (C=O) groups excluding carboxylic acids is 1. The minimum Gasteiger partial charge on any atom is -0.480 e. The highest BCUT2D eigenvalue weighted by atomic mass is 16.4. The maximum absolute atomic E-state index is 11.8. The second kappa shape index (κ2) is 6.09. The largest absolute Gasteiger partial charge is 0.480 e. The smallest absolute Gasteiger partial charge is 0.317 e. The van der Waals surface area contributed by atoms with Crippen LogP contribution in [0.2, 0.25) is 0 Å². The highest BCUT2D eigenvalue weighted by Crippen LogP contribution is 2.01. The Morgan fingerprint density at radius 1 is 1.32 bits per heavy atom. The number of H-pyrrole nitrogens is 1. The van der Waals surface area contributed by atoms with Crippen molar-refractivity contribution in [2.45, 2.75) is 6.54 Å². The van der Waals surface area contributed by atoms with E-state index in [1.54, 1.807) is 9.80 Å². The number of hydrogen-bond donors (Lipinski definition) is 3. The molecular formula is C9H15N7O3. The normalized spacial score (nSPS) is 16.3. The van der Waals surface area contributed by atoms with Crippen LogP contribution >= 0.6 is 0 Å². The average molecular weight is 269 g/mol. The number of aromatic amines is 1. The topological polar surface area (TPSA) is 127 Å². The van der Waals surface area contributed by atoms with Crippen LogP contribution in [0, 0.1) is 0 Å². The van der Waals surface area contributed by atoms with E-state index in [1.165, 1.54) is 0 Å². The van der Waals surface area contributed by atoms with E-state index in [0.717, 1.165) is 0 Å². The zero-order valence-electron chi connectivity index (χ0n) is 10.2. The van der Waals surface area contributed by atoms with Gasteiger partial charge in [0.25, 0.3) is 0 Å². The third kappa shape index (κ3) is 3.88. The van der Waals surface area contributed by atoms with E-state index in [2.05, 4.69) is 25.9 Å². The predicted octanol–water partition coefficient (Wildman–Crippen LogP) is -1.89. The number of nitrogens with zero attached hydrogens (tertiary/aromatic N) is 5. The summed E-state index contributed by atoms with van der Waals surface area (Å²) in [6.07, 6.45) is 0. The second-order valence-electron chi connectivity index (χ2n) is 4.14. The number of tetrazole rings is 1. The average Bonchev–Trinajstić information content (AvgIpc) is 2.89. The first-order valence-corrected chi connectivity index (χ1v) is 5.84. The maximum atomic E-state index is 11.8. The quantitative estimate of drug-likeness (QED) is 0.583. The summed E-state index contributed by atoms with van der Waals surface area (Å²) in [5, 5.41) is 24.5. The molecule has 2 amide bonds. The van der Waals surface area contributed by atoms with Gasteiger partial charge >= 0.3 is 12.0 Å². The fraction of sp³-hybridized carbons (Fsp3) is 0.667. The first-order valence-electron chi connectivity index (χ1n) is 5.84. The Bertz CT molecular complexity index is 427. The van der Waals surface area contributed by atoms with Gasteiger partial charge < -0.3 is 15.3 Å². The summed E-state index contributed by atoms with van der Waals surface area (Å²) in [6, 6.07) is -0.209. The van der Waals surface area contributed by atoms with E-state index in [9.17, 15) is 9.59 Å². The summed E-state index contributed by atoms with van der Waals surface area (Å²) in [7, 11) is 0. The van der Waals surface area contributed by atoms with E-state index in [-0.39, 0.29) is 19.1 Å². The fourth-order valence-corrected chi connectivity index (χ4v) is 1.82. The van der Waals surface area contributed by atoms with Crippen molar-refractivity contribution in [3.05, 3.63) is 5.82 Å². The minimum absolute atomic E-state index is 0.0122. The number of nitrogens with one attached hydrogen (secondary N) is 2. The Hall–Kier alpha value is -2.23. The SMILES string of the molecule is O=C(O)CN1CCN(C(=O)NCc2nn[nH]n2)CC1. The summed E-state index contributed by atoms with van der Waals surface area (Å²) in [5.74, 6) is -0.437. The van der Waals surface area contributed by atoms with Crippen LogP contribution in [0.1, 0.15) is 5.82 Å². The molecule has 3 N–H and O–H groups in total. The lowest BCUT2D eigenvalue weighted by Crippen LogP contribution is -2.52. The molecule has 0 unspecified atom stereocenters. The summed E-state index contributed by atoms with van der Waals surface area (Å²) in [5.41, 5.74) is 0. The molecule has 1 aliphatic rings. The van der Waals surface area contributed by atoms with Crippen molar-refractivity contribution in [1.29, 1.82) is 0 Å². The van der Waals surface area contributed by atoms with Gasteiger partial charge in [-0.3, -0.25) is 9.69 Å². The van der Waals surface area contributed by atoms with Crippen molar-refractivity contribution in [3.63, 3.8) is 0 Å². The Morgan fingerprint density at radius 2 is 2.05 bits per heavy atom. The molecule has 0 aromatic carbocycles. The van der Waals surface area contributed by atoms with Crippen LogP contribution < -0.4 is 5.32 Å². The number of urea groups is 1. The number of carboxylic acids is 1. The highest BCUT2D eigenvalue weighted by molar-refractivity contribution is 5.74. The molecule has 1 aliphatic heterocycles. The first kappa shape index (κ1) is 13.2. The van der Waals surface area contributed by atoms with Gasteiger partial charge in [-0.2, -0.15) is 5.21 Å². The Labute approximate surface area is 108 Å². The Kier molecular flexibility index (Phi) is 4.23. The molecule has 1 saturated heterocycles. The van der Waals surface area contributed by atoms with Gasteiger partial charge in [-0.15, -0.1) is 10.2 Å². The molecule has 19 heavy (non-hydrogen) atoms. The van der Waals surface area contributed by atoms with Gasteiger partial charge in [-0.05, 0) is 0 Å². The molecule has 10 nitrogen and oxygen atoms in total.